The SMILES string of the molecule is COc1ccc(NC(=O)c2ccc(Nc3c(F)cccc3F)cn2)cc1OC. The van der Waals surface area contributed by atoms with Crippen LogP contribution in [0.2, 0.25) is 0 Å². The van der Waals surface area contributed by atoms with Crippen molar-refractivity contribution in [1.82, 2.24) is 4.98 Å². The molecule has 1 aromatic heterocycles. The molecular formula is C20H17F2N3O3. The number of nitrogens with zero attached hydrogens (tertiary/aromatic N) is 1. The van der Waals surface area contributed by atoms with Gasteiger partial charge >= 0.3 is 0 Å². The molecule has 1 heterocycles. The van der Waals surface area contributed by atoms with Crippen LogP contribution in [0.15, 0.2) is 54.7 Å². The predicted molar refractivity (Wildman–Crippen MR) is 101 cm³/mol. The Bertz CT molecular complexity index is 974. The summed E-state index contributed by atoms with van der Waals surface area (Å²) in [4.78, 5) is 16.4. The van der Waals surface area contributed by atoms with Crippen LogP contribution in [-0.4, -0.2) is 25.1 Å². The Morgan fingerprint density at radius 2 is 1.61 bits per heavy atom. The Balaban J connectivity index is 1.72. The number of hydrogen-bond acceptors (Lipinski definition) is 5. The van der Waals surface area contributed by atoms with Gasteiger partial charge in [-0.1, -0.05) is 6.07 Å². The van der Waals surface area contributed by atoms with E-state index in [4.69, 9.17) is 9.47 Å². The molecule has 2 N–H and O–H groups in total. The maximum Gasteiger partial charge on any atom is 0.274 e. The van der Waals surface area contributed by atoms with Crippen LogP contribution in [-0.2, 0) is 0 Å². The van der Waals surface area contributed by atoms with Crippen molar-refractivity contribution in [1.29, 1.82) is 0 Å². The molecule has 1 amide bonds. The van der Waals surface area contributed by atoms with Gasteiger partial charge in [-0.25, -0.2) is 13.8 Å². The minimum Gasteiger partial charge on any atom is -0.493 e. The molecule has 0 aliphatic heterocycles. The standard InChI is InChI=1S/C20H17F2N3O3/c1-27-17-9-7-12(10-18(17)28-2)25-20(26)16-8-6-13(11-23-16)24-19-14(21)4-3-5-15(19)22/h3-11,24H,1-2H3,(H,25,26). The number of hydrogen-bond donors (Lipinski definition) is 2. The van der Waals surface area contributed by atoms with Gasteiger partial charge in [0.25, 0.3) is 5.91 Å². The van der Waals surface area contributed by atoms with Crippen LogP contribution in [0.25, 0.3) is 0 Å². The van der Waals surface area contributed by atoms with E-state index in [2.05, 4.69) is 15.6 Å². The van der Waals surface area contributed by atoms with Crippen LogP contribution in [0.5, 0.6) is 11.5 Å². The quantitative estimate of drug-likeness (QED) is 0.659. The normalized spacial score (nSPS) is 10.3. The second-order valence-corrected chi connectivity index (χ2v) is 5.68. The average molecular weight is 385 g/mol. The van der Waals surface area contributed by atoms with Crippen LogP contribution >= 0.6 is 0 Å². The highest BCUT2D eigenvalue weighted by atomic mass is 19.1. The summed E-state index contributed by atoms with van der Waals surface area (Å²) < 4.78 is 37.7. The molecule has 144 valence electrons. The molecule has 0 radical (unpaired) electrons. The zero-order chi connectivity index (χ0) is 20.1. The number of pyridine rings is 1. The van der Waals surface area contributed by atoms with Crippen LogP contribution < -0.4 is 20.1 Å². The van der Waals surface area contributed by atoms with Gasteiger partial charge in [0.15, 0.2) is 11.5 Å². The number of nitrogens with one attached hydrogen (secondary N) is 2. The van der Waals surface area contributed by atoms with E-state index in [1.54, 1.807) is 18.2 Å². The number of halogens is 2. The Labute approximate surface area is 160 Å². The summed E-state index contributed by atoms with van der Waals surface area (Å²) >= 11 is 0. The van der Waals surface area contributed by atoms with E-state index in [1.165, 1.54) is 38.6 Å². The predicted octanol–water partition coefficient (Wildman–Crippen LogP) is 4.37. The maximum atomic E-state index is 13.7. The van der Waals surface area contributed by atoms with Gasteiger partial charge in [-0.3, -0.25) is 4.79 Å². The summed E-state index contributed by atoms with van der Waals surface area (Å²) in [6.45, 7) is 0. The third-order valence-electron chi connectivity index (χ3n) is 3.87. The van der Waals surface area contributed by atoms with Gasteiger partial charge in [-0.05, 0) is 36.4 Å². The molecule has 0 saturated heterocycles. The zero-order valence-corrected chi connectivity index (χ0v) is 15.1. The summed E-state index contributed by atoms with van der Waals surface area (Å²) in [6, 6.07) is 11.4. The van der Waals surface area contributed by atoms with E-state index in [0.717, 1.165) is 12.1 Å². The molecule has 2 aromatic carbocycles. The van der Waals surface area contributed by atoms with E-state index in [-0.39, 0.29) is 11.4 Å². The highest BCUT2D eigenvalue weighted by Crippen LogP contribution is 2.30. The van der Waals surface area contributed by atoms with Crippen molar-refractivity contribution < 1.29 is 23.0 Å². The van der Waals surface area contributed by atoms with Gasteiger partial charge in [0.1, 0.15) is 23.0 Å². The first-order valence-electron chi connectivity index (χ1n) is 8.22. The molecule has 0 spiro atoms. The monoisotopic (exact) mass is 385 g/mol. The average Bonchev–Trinajstić information content (AvgIpc) is 2.71. The first kappa shape index (κ1) is 19.1. The number of carbonyl (C=O) groups is 1. The topological polar surface area (TPSA) is 72.5 Å². The second-order valence-electron chi connectivity index (χ2n) is 5.68. The molecule has 0 fully saturated rings. The summed E-state index contributed by atoms with van der Waals surface area (Å²) in [5, 5.41) is 5.30. The lowest BCUT2D eigenvalue weighted by atomic mass is 10.2. The van der Waals surface area contributed by atoms with Gasteiger partial charge in [0, 0.05) is 11.8 Å². The van der Waals surface area contributed by atoms with E-state index >= 15 is 0 Å². The highest BCUT2D eigenvalue weighted by molar-refractivity contribution is 6.03. The minimum atomic E-state index is -0.727. The zero-order valence-electron chi connectivity index (χ0n) is 15.1. The molecule has 3 aromatic rings. The van der Waals surface area contributed by atoms with Crippen LogP contribution in [0.3, 0.4) is 0 Å². The molecule has 0 saturated carbocycles. The Morgan fingerprint density at radius 3 is 2.21 bits per heavy atom. The fourth-order valence-corrected chi connectivity index (χ4v) is 2.47. The third kappa shape index (κ3) is 4.17. The van der Waals surface area contributed by atoms with Crippen molar-refractivity contribution >= 4 is 23.0 Å². The van der Waals surface area contributed by atoms with Crippen molar-refractivity contribution in [2.45, 2.75) is 0 Å². The molecule has 0 unspecified atom stereocenters. The number of anilines is 3. The van der Waals surface area contributed by atoms with Crippen LogP contribution in [0.4, 0.5) is 25.8 Å². The molecular weight excluding hydrogens is 368 g/mol. The summed E-state index contributed by atoms with van der Waals surface area (Å²) in [5.74, 6) is -0.893. The van der Waals surface area contributed by atoms with Crippen molar-refractivity contribution in [2.75, 3.05) is 24.9 Å². The van der Waals surface area contributed by atoms with Crippen molar-refractivity contribution in [3.8, 4) is 11.5 Å². The van der Waals surface area contributed by atoms with Crippen molar-refractivity contribution in [3.63, 3.8) is 0 Å². The van der Waals surface area contributed by atoms with Gasteiger partial charge in [-0.15, -0.1) is 0 Å². The number of para-hydroxylation sites is 1. The maximum absolute atomic E-state index is 13.7. The van der Waals surface area contributed by atoms with Crippen LogP contribution in [0, 0.1) is 11.6 Å². The van der Waals surface area contributed by atoms with Crippen molar-refractivity contribution in [2.24, 2.45) is 0 Å². The van der Waals surface area contributed by atoms with Gasteiger partial charge < -0.3 is 20.1 Å². The van der Waals surface area contributed by atoms with Gasteiger partial charge in [-0.2, -0.15) is 0 Å². The molecule has 0 aliphatic rings. The molecule has 0 aliphatic carbocycles. The Kier molecular flexibility index (Phi) is 5.69. The highest BCUT2D eigenvalue weighted by Gasteiger charge is 2.12. The fourth-order valence-electron chi connectivity index (χ4n) is 2.47. The van der Waals surface area contributed by atoms with Crippen LogP contribution in [0.1, 0.15) is 10.5 Å². The van der Waals surface area contributed by atoms with E-state index in [0.29, 0.717) is 22.9 Å². The lowest BCUT2D eigenvalue weighted by Crippen LogP contribution is -2.13. The number of amides is 1. The third-order valence-corrected chi connectivity index (χ3v) is 3.87. The second kappa shape index (κ2) is 8.34. The number of aromatic nitrogens is 1. The lowest BCUT2D eigenvalue weighted by molar-refractivity contribution is 0.102. The summed E-state index contributed by atoms with van der Waals surface area (Å²) in [5.41, 5.74) is 0.688. The molecule has 28 heavy (non-hydrogen) atoms. The van der Waals surface area contributed by atoms with E-state index < -0.39 is 17.5 Å². The first-order valence-corrected chi connectivity index (χ1v) is 8.22. The van der Waals surface area contributed by atoms with Gasteiger partial charge in [0.2, 0.25) is 0 Å². The number of ether oxygens (including phenoxy) is 2. The number of carbonyl (C=O) groups excluding carboxylic acids is 1. The fraction of sp³-hybridized carbons (Fsp3) is 0.100. The molecule has 3 rings (SSSR count). The number of methoxy groups -OCH3 is 2. The first-order chi connectivity index (χ1) is 13.5. The molecule has 0 atom stereocenters. The Morgan fingerprint density at radius 1 is 0.929 bits per heavy atom. The molecule has 8 heteroatoms. The molecule has 0 bridgehead atoms. The summed E-state index contributed by atoms with van der Waals surface area (Å²) in [7, 11) is 3.01. The van der Waals surface area contributed by atoms with Gasteiger partial charge in [0.05, 0.1) is 26.1 Å². The number of rotatable bonds is 6. The lowest BCUT2D eigenvalue weighted by Gasteiger charge is -2.11. The minimum absolute atomic E-state index is 0.134. The van der Waals surface area contributed by atoms with E-state index in [9.17, 15) is 13.6 Å². The summed E-state index contributed by atoms with van der Waals surface area (Å²) in [6.07, 6.45) is 1.31. The Hall–Kier alpha value is -3.68. The number of benzene rings is 2. The smallest absolute Gasteiger partial charge is 0.274 e. The molecule has 6 nitrogen and oxygen atoms in total. The van der Waals surface area contributed by atoms with E-state index in [1.807, 2.05) is 0 Å². The largest absolute Gasteiger partial charge is 0.493 e. The van der Waals surface area contributed by atoms with Crippen molar-refractivity contribution in [3.05, 3.63) is 72.1 Å².